The molecule has 3 aromatic rings. The molecule has 0 aliphatic heterocycles. The molecule has 3 rings (SSSR count). The molecule has 1 amide bonds. The molecule has 1 aromatic heterocycles. The second-order valence-electron chi connectivity index (χ2n) is 6.20. The van der Waals surface area contributed by atoms with E-state index in [-0.39, 0.29) is 18.1 Å². The van der Waals surface area contributed by atoms with Crippen molar-refractivity contribution in [1.82, 2.24) is 14.9 Å². The molecule has 0 saturated carbocycles. The standard InChI is InChI=1S/C20H20FN3O3/c1-4-22-20(26)27-11-17-23-15-10-12(2)9-13(3)18(15)19(25)24(17)16-8-6-5-7-14(16)21/h5-10H,4,11H2,1-3H3,(H,22,26). The number of nitrogens with one attached hydrogen (secondary N) is 1. The molecular weight excluding hydrogens is 349 g/mol. The van der Waals surface area contributed by atoms with Crippen molar-refractivity contribution in [2.75, 3.05) is 6.54 Å². The van der Waals surface area contributed by atoms with Gasteiger partial charge in [0.05, 0.1) is 16.6 Å². The zero-order valence-electron chi connectivity index (χ0n) is 15.4. The summed E-state index contributed by atoms with van der Waals surface area (Å²) in [6, 6.07) is 9.59. The zero-order chi connectivity index (χ0) is 19.6. The maximum atomic E-state index is 14.4. The lowest BCUT2D eigenvalue weighted by Gasteiger charge is -2.15. The number of amides is 1. The third-order valence-electron chi connectivity index (χ3n) is 4.13. The number of aromatic nitrogens is 2. The Hall–Kier alpha value is -3.22. The first kappa shape index (κ1) is 18.6. The second-order valence-corrected chi connectivity index (χ2v) is 6.20. The van der Waals surface area contributed by atoms with Crippen molar-refractivity contribution in [3.63, 3.8) is 0 Å². The minimum Gasteiger partial charge on any atom is -0.441 e. The number of para-hydroxylation sites is 1. The molecule has 0 bridgehead atoms. The van der Waals surface area contributed by atoms with Crippen LogP contribution in [0.25, 0.3) is 16.6 Å². The van der Waals surface area contributed by atoms with E-state index in [1.165, 1.54) is 22.8 Å². The van der Waals surface area contributed by atoms with Gasteiger partial charge in [-0.2, -0.15) is 0 Å². The Bertz CT molecular complexity index is 1080. The number of hydrogen-bond acceptors (Lipinski definition) is 4. The first-order valence-electron chi connectivity index (χ1n) is 8.60. The Labute approximate surface area is 155 Å². The number of nitrogens with zero attached hydrogens (tertiary/aromatic N) is 2. The summed E-state index contributed by atoms with van der Waals surface area (Å²) >= 11 is 0. The number of fused-ring (bicyclic) bond motifs is 1. The first-order valence-corrected chi connectivity index (χ1v) is 8.60. The van der Waals surface area contributed by atoms with Crippen LogP contribution in [-0.4, -0.2) is 22.2 Å². The van der Waals surface area contributed by atoms with Crippen LogP contribution >= 0.6 is 0 Å². The number of alkyl carbamates (subject to hydrolysis) is 1. The van der Waals surface area contributed by atoms with Crippen LogP contribution in [0.15, 0.2) is 41.2 Å². The molecular formula is C20H20FN3O3. The number of aryl methyl sites for hydroxylation is 2. The molecule has 1 heterocycles. The fourth-order valence-electron chi connectivity index (χ4n) is 3.03. The van der Waals surface area contributed by atoms with Gasteiger partial charge in [-0.1, -0.05) is 18.2 Å². The van der Waals surface area contributed by atoms with Crippen LogP contribution in [0.1, 0.15) is 23.9 Å². The van der Waals surface area contributed by atoms with Crippen molar-refractivity contribution in [2.45, 2.75) is 27.4 Å². The Morgan fingerprint density at radius 3 is 2.70 bits per heavy atom. The monoisotopic (exact) mass is 369 g/mol. The first-order chi connectivity index (χ1) is 12.9. The van der Waals surface area contributed by atoms with Crippen molar-refractivity contribution < 1.29 is 13.9 Å². The molecule has 0 spiro atoms. The van der Waals surface area contributed by atoms with Gasteiger partial charge in [0.2, 0.25) is 0 Å². The zero-order valence-corrected chi connectivity index (χ0v) is 15.4. The fraction of sp³-hybridized carbons (Fsp3) is 0.250. The number of carbonyl (C=O) groups excluding carboxylic acids is 1. The molecule has 140 valence electrons. The van der Waals surface area contributed by atoms with Crippen molar-refractivity contribution in [3.05, 3.63) is 69.5 Å². The number of hydrogen-bond donors (Lipinski definition) is 1. The Morgan fingerprint density at radius 1 is 1.26 bits per heavy atom. The van der Waals surface area contributed by atoms with E-state index in [9.17, 15) is 14.0 Å². The molecule has 0 saturated heterocycles. The summed E-state index contributed by atoms with van der Waals surface area (Å²) in [5, 5.41) is 2.91. The molecule has 1 N–H and O–H groups in total. The van der Waals surface area contributed by atoms with E-state index >= 15 is 0 Å². The topological polar surface area (TPSA) is 73.2 Å². The smallest absolute Gasteiger partial charge is 0.407 e. The Balaban J connectivity index is 2.25. The molecule has 0 radical (unpaired) electrons. The third-order valence-corrected chi connectivity index (χ3v) is 4.13. The van der Waals surface area contributed by atoms with E-state index in [1.54, 1.807) is 19.1 Å². The quantitative estimate of drug-likeness (QED) is 0.765. The van der Waals surface area contributed by atoms with Gasteiger partial charge in [-0.3, -0.25) is 9.36 Å². The van der Waals surface area contributed by atoms with Crippen LogP contribution in [-0.2, 0) is 11.3 Å². The summed E-state index contributed by atoms with van der Waals surface area (Å²) < 4.78 is 20.7. The van der Waals surface area contributed by atoms with Crippen molar-refractivity contribution in [3.8, 4) is 5.69 Å². The highest BCUT2D eigenvalue weighted by atomic mass is 19.1. The van der Waals surface area contributed by atoms with Crippen LogP contribution in [0, 0.1) is 19.7 Å². The highest BCUT2D eigenvalue weighted by Crippen LogP contribution is 2.20. The van der Waals surface area contributed by atoms with E-state index in [2.05, 4.69) is 10.3 Å². The average molecular weight is 369 g/mol. The maximum absolute atomic E-state index is 14.4. The van der Waals surface area contributed by atoms with E-state index in [1.807, 2.05) is 19.9 Å². The van der Waals surface area contributed by atoms with Crippen LogP contribution in [0.4, 0.5) is 9.18 Å². The number of ether oxygens (including phenoxy) is 1. The highest BCUT2D eigenvalue weighted by Gasteiger charge is 2.18. The van der Waals surface area contributed by atoms with Gasteiger partial charge in [0.15, 0.2) is 12.4 Å². The summed E-state index contributed by atoms with van der Waals surface area (Å²) in [6.07, 6.45) is -0.632. The number of benzene rings is 2. The van der Waals surface area contributed by atoms with Crippen molar-refractivity contribution in [2.24, 2.45) is 0 Å². The van der Waals surface area contributed by atoms with Gasteiger partial charge < -0.3 is 10.1 Å². The van der Waals surface area contributed by atoms with Gasteiger partial charge >= 0.3 is 6.09 Å². The third kappa shape index (κ3) is 3.67. The van der Waals surface area contributed by atoms with Gasteiger partial charge in [-0.15, -0.1) is 0 Å². The SMILES string of the molecule is CCNC(=O)OCc1nc2cc(C)cc(C)c2c(=O)n1-c1ccccc1F. The van der Waals surface area contributed by atoms with Crippen molar-refractivity contribution >= 4 is 17.0 Å². The van der Waals surface area contributed by atoms with Crippen LogP contribution in [0.5, 0.6) is 0 Å². The number of halogens is 1. The lowest BCUT2D eigenvalue weighted by molar-refractivity contribution is 0.136. The predicted octanol–water partition coefficient (Wildman–Crippen LogP) is 3.39. The minimum atomic E-state index is -0.632. The van der Waals surface area contributed by atoms with E-state index in [4.69, 9.17) is 4.74 Å². The van der Waals surface area contributed by atoms with Gasteiger partial charge in [-0.25, -0.2) is 14.2 Å². The van der Waals surface area contributed by atoms with Crippen LogP contribution in [0.3, 0.4) is 0 Å². The lowest BCUT2D eigenvalue weighted by atomic mass is 10.1. The molecule has 6 nitrogen and oxygen atoms in total. The fourth-order valence-corrected chi connectivity index (χ4v) is 3.03. The van der Waals surface area contributed by atoms with E-state index in [0.717, 1.165) is 11.1 Å². The summed E-state index contributed by atoms with van der Waals surface area (Å²) in [6.45, 7) is 5.62. The van der Waals surface area contributed by atoms with Gasteiger partial charge in [0.25, 0.3) is 5.56 Å². The Morgan fingerprint density at radius 2 is 2.00 bits per heavy atom. The molecule has 0 aliphatic rings. The molecule has 0 aliphatic carbocycles. The summed E-state index contributed by atoms with van der Waals surface area (Å²) in [4.78, 5) is 29.4. The van der Waals surface area contributed by atoms with Gasteiger partial charge in [0.1, 0.15) is 5.82 Å². The van der Waals surface area contributed by atoms with E-state index < -0.39 is 17.5 Å². The van der Waals surface area contributed by atoms with Crippen LogP contribution in [0.2, 0.25) is 0 Å². The predicted molar refractivity (Wildman–Crippen MR) is 101 cm³/mol. The second kappa shape index (κ2) is 7.57. The minimum absolute atomic E-state index is 0.0615. The molecule has 27 heavy (non-hydrogen) atoms. The molecule has 2 aromatic carbocycles. The molecule has 0 atom stereocenters. The van der Waals surface area contributed by atoms with Crippen molar-refractivity contribution in [1.29, 1.82) is 0 Å². The summed E-state index contributed by atoms with van der Waals surface area (Å²) in [5.41, 5.74) is 1.85. The average Bonchev–Trinajstić information content (AvgIpc) is 2.60. The highest BCUT2D eigenvalue weighted by molar-refractivity contribution is 5.82. The molecule has 7 heteroatoms. The Kier molecular flexibility index (Phi) is 5.21. The maximum Gasteiger partial charge on any atom is 0.407 e. The molecule has 0 unspecified atom stereocenters. The lowest BCUT2D eigenvalue weighted by Crippen LogP contribution is -2.28. The molecule has 0 fully saturated rings. The number of rotatable bonds is 4. The number of carbonyl (C=O) groups is 1. The van der Waals surface area contributed by atoms with Gasteiger partial charge in [-0.05, 0) is 50.1 Å². The summed E-state index contributed by atoms with van der Waals surface area (Å²) in [5.74, 6) is -0.418. The van der Waals surface area contributed by atoms with E-state index in [0.29, 0.717) is 17.4 Å². The van der Waals surface area contributed by atoms with Crippen LogP contribution < -0.4 is 10.9 Å². The normalized spacial score (nSPS) is 10.8. The van der Waals surface area contributed by atoms with Gasteiger partial charge in [0, 0.05) is 6.54 Å². The summed E-state index contributed by atoms with van der Waals surface area (Å²) in [7, 11) is 0. The largest absolute Gasteiger partial charge is 0.441 e.